The summed E-state index contributed by atoms with van der Waals surface area (Å²) in [6.45, 7) is 7.03. The Kier molecular flexibility index (Phi) is 6.34. The second-order valence-electron chi connectivity index (χ2n) is 10.3. The molecule has 0 aromatic rings. The van der Waals surface area contributed by atoms with Crippen molar-refractivity contribution in [1.29, 1.82) is 0 Å². The van der Waals surface area contributed by atoms with E-state index in [-0.39, 0.29) is 5.41 Å². The number of aliphatic carboxylic acids is 1. The second-order valence-corrected chi connectivity index (χ2v) is 10.3. The summed E-state index contributed by atoms with van der Waals surface area (Å²) in [5, 5.41) is 13.4. The van der Waals surface area contributed by atoms with Crippen molar-refractivity contribution in [2.75, 3.05) is 32.8 Å². The fourth-order valence-electron chi connectivity index (χ4n) is 5.40. The Hall–Kier alpha value is -0.650. The summed E-state index contributed by atoms with van der Waals surface area (Å²) >= 11 is 0. The van der Waals surface area contributed by atoms with Crippen LogP contribution in [0.15, 0.2) is 0 Å². The number of hydrogen-bond acceptors (Lipinski definition) is 4. The maximum Gasteiger partial charge on any atom is 0.310 e. The minimum atomic E-state index is -0.592. The number of ether oxygens (including phenoxy) is 1. The van der Waals surface area contributed by atoms with Gasteiger partial charge in [-0.15, -0.1) is 0 Å². The molecule has 0 bridgehead atoms. The second kappa shape index (κ2) is 8.61. The predicted molar refractivity (Wildman–Crippen MR) is 110 cm³/mol. The summed E-state index contributed by atoms with van der Waals surface area (Å²) in [6.07, 6.45) is 13.5. The molecule has 4 rings (SSSR count). The van der Waals surface area contributed by atoms with Gasteiger partial charge in [0.2, 0.25) is 0 Å². The minimum Gasteiger partial charge on any atom is -0.481 e. The number of rotatable bonds is 10. The van der Waals surface area contributed by atoms with Gasteiger partial charge in [-0.2, -0.15) is 0 Å². The van der Waals surface area contributed by atoms with Crippen molar-refractivity contribution in [1.82, 2.24) is 10.2 Å². The Morgan fingerprint density at radius 2 is 1.86 bits per heavy atom. The third kappa shape index (κ3) is 4.91. The van der Waals surface area contributed by atoms with Crippen LogP contribution in [0.4, 0.5) is 0 Å². The lowest BCUT2D eigenvalue weighted by Crippen LogP contribution is -2.50. The Balaban J connectivity index is 1.30. The number of carbonyl (C=O) groups is 1. The standard InChI is InChI=1S/C23H40N2O3/c1-2-18-14-20(18)24-15-22(17-28-19-6-4-3-5-7-19)10-12-25(13-11-22)16-23(8-9-23)21(26)27/h18-20,24H,2-17H2,1H3,(H,26,27)/t18?,20-/m1/s1. The van der Waals surface area contributed by atoms with Gasteiger partial charge in [0.15, 0.2) is 0 Å². The number of nitrogens with one attached hydrogen (secondary N) is 1. The van der Waals surface area contributed by atoms with Crippen LogP contribution >= 0.6 is 0 Å². The molecule has 3 saturated carbocycles. The zero-order valence-corrected chi connectivity index (χ0v) is 17.8. The highest BCUT2D eigenvalue weighted by atomic mass is 16.5. The first-order valence-electron chi connectivity index (χ1n) is 11.8. The molecule has 3 aliphatic carbocycles. The molecule has 4 aliphatic rings. The Morgan fingerprint density at radius 3 is 2.43 bits per heavy atom. The van der Waals surface area contributed by atoms with Crippen LogP contribution in [-0.2, 0) is 9.53 Å². The van der Waals surface area contributed by atoms with E-state index < -0.39 is 11.4 Å². The van der Waals surface area contributed by atoms with E-state index in [0.29, 0.717) is 6.10 Å². The van der Waals surface area contributed by atoms with E-state index in [9.17, 15) is 9.90 Å². The number of piperidine rings is 1. The summed E-state index contributed by atoms with van der Waals surface area (Å²) in [6, 6.07) is 0.719. The van der Waals surface area contributed by atoms with Crippen LogP contribution in [0.1, 0.15) is 77.6 Å². The van der Waals surface area contributed by atoms with Crippen LogP contribution in [0, 0.1) is 16.7 Å². The van der Waals surface area contributed by atoms with Crippen molar-refractivity contribution in [3.05, 3.63) is 0 Å². The van der Waals surface area contributed by atoms with Crippen molar-refractivity contribution in [2.24, 2.45) is 16.7 Å². The molecule has 5 heteroatoms. The topological polar surface area (TPSA) is 61.8 Å². The lowest BCUT2D eigenvalue weighted by Gasteiger charge is -2.43. The molecule has 1 heterocycles. The fourth-order valence-corrected chi connectivity index (χ4v) is 5.40. The zero-order chi connectivity index (χ0) is 19.6. The average molecular weight is 393 g/mol. The summed E-state index contributed by atoms with van der Waals surface area (Å²) in [4.78, 5) is 14.0. The van der Waals surface area contributed by atoms with Crippen molar-refractivity contribution in [3.63, 3.8) is 0 Å². The molecule has 0 amide bonds. The molecular weight excluding hydrogens is 352 g/mol. The fraction of sp³-hybridized carbons (Fsp3) is 0.957. The zero-order valence-electron chi connectivity index (χ0n) is 17.8. The molecule has 0 aromatic heterocycles. The number of likely N-dealkylation sites (tertiary alicyclic amines) is 1. The van der Waals surface area contributed by atoms with E-state index in [0.717, 1.165) is 70.4 Å². The van der Waals surface area contributed by atoms with Crippen molar-refractivity contribution < 1.29 is 14.6 Å². The molecule has 4 fully saturated rings. The van der Waals surface area contributed by atoms with Gasteiger partial charge in [0.1, 0.15) is 0 Å². The first-order valence-corrected chi connectivity index (χ1v) is 11.8. The molecule has 5 nitrogen and oxygen atoms in total. The van der Waals surface area contributed by atoms with Gasteiger partial charge in [-0.05, 0) is 64.0 Å². The number of nitrogens with zero attached hydrogens (tertiary/aromatic N) is 1. The molecule has 1 unspecified atom stereocenters. The van der Waals surface area contributed by atoms with Gasteiger partial charge < -0.3 is 20.1 Å². The molecule has 2 N–H and O–H groups in total. The summed E-state index contributed by atoms with van der Waals surface area (Å²) < 4.78 is 6.47. The van der Waals surface area contributed by atoms with Crippen LogP contribution in [-0.4, -0.2) is 60.9 Å². The van der Waals surface area contributed by atoms with Gasteiger partial charge in [-0.25, -0.2) is 0 Å². The maximum absolute atomic E-state index is 11.5. The van der Waals surface area contributed by atoms with E-state index >= 15 is 0 Å². The Labute approximate surface area is 170 Å². The number of hydrogen-bond donors (Lipinski definition) is 2. The molecule has 28 heavy (non-hydrogen) atoms. The van der Waals surface area contributed by atoms with Gasteiger partial charge in [0, 0.05) is 24.5 Å². The monoisotopic (exact) mass is 392 g/mol. The summed E-state index contributed by atoms with van der Waals surface area (Å²) in [5.74, 6) is 0.285. The average Bonchev–Trinajstić information content (AvgIpc) is 3.63. The van der Waals surface area contributed by atoms with Crippen LogP contribution < -0.4 is 5.32 Å². The van der Waals surface area contributed by atoms with Crippen molar-refractivity contribution >= 4 is 5.97 Å². The highest BCUT2D eigenvalue weighted by Crippen LogP contribution is 2.47. The van der Waals surface area contributed by atoms with Crippen LogP contribution in [0.2, 0.25) is 0 Å². The lowest BCUT2D eigenvalue weighted by atomic mass is 9.78. The first-order chi connectivity index (χ1) is 13.5. The molecular formula is C23H40N2O3. The van der Waals surface area contributed by atoms with E-state index in [2.05, 4.69) is 17.1 Å². The molecule has 1 aliphatic heterocycles. The third-order valence-corrected chi connectivity index (χ3v) is 8.11. The quantitative estimate of drug-likeness (QED) is 0.594. The van der Waals surface area contributed by atoms with E-state index in [1.807, 2.05) is 0 Å². The van der Waals surface area contributed by atoms with Crippen LogP contribution in [0.3, 0.4) is 0 Å². The van der Waals surface area contributed by atoms with Crippen molar-refractivity contribution in [3.8, 4) is 0 Å². The van der Waals surface area contributed by atoms with Gasteiger partial charge in [-0.3, -0.25) is 4.79 Å². The minimum absolute atomic E-state index is 0.231. The molecule has 160 valence electrons. The van der Waals surface area contributed by atoms with Gasteiger partial charge in [-0.1, -0.05) is 32.6 Å². The smallest absolute Gasteiger partial charge is 0.310 e. The van der Waals surface area contributed by atoms with Crippen LogP contribution in [0.5, 0.6) is 0 Å². The Bertz CT molecular complexity index is 534. The molecule has 1 saturated heterocycles. The molecule has 2 atom stereocenters. The van der Waals surface area contributed by atoms with Crippen LogP contribution in [0.25, 0.3) is 0 Å². The predicted octanol–water partition coefficient (Wildman–Crippen LogP) is 3.67. The molecule has 0 aromatic carbocycles. The van der Waals surface area contributed by atoms with Gasteiger partial charge in [0.25, 0.3) is 0 Å². The normalized spacial score (nSPS) is 32.2. The molecule has 0 radical (unpaired) electrons. The van der Waals surface area contributed by atoms with Crippen molar-refractivity contribution in [2.45, 2.75) is 89.7 Å². The summed E-state index contributed by atoms with van der Waals surface area (Å²) in [5.41, 5.74) is -0.200. The molecule has 0 spiro atoms. The number of carboxylic acids is 1. The van der Waals surface area contributed by atoms with Gasteiger partial charge >= 0.3 is 5.97 Å². The lowest BCUT2D eigenvalue weighted by molar-refractivity contribution is -0.144. The summed E-state index contributed by atoms with van der Waals surface area (Å²) in [7, 11) is 0. The van der Waals surface area contributed by atoms with Gasteiger partial charge in [0.05, 0.1) is 18.1 Å². The van der Waals surface area contributed by atoms with E-state index in [1.54, 1.807) is 0 Å². The first kappa shape index (κ1) is 20.6. The van der Waals surface area contributed by atoms with E-state index in [4.69, 9.17) is 4.74 Å². The number of carboxylic acid groups (broad SMARTS) is 1. The SMILES string of the molecule is CCC1C[C@H]1NCC1(COC2CCCCC2)CCN(CC2(C(=O)O)CC2)CC1. The highest BCUT2D eigenvalue weighted by Gasteiger charge is 2.52. The maximum atomic E-state index is 11.5. The van der Waals surface area contributed by atoms with E-state index in [1.165, 1.54) is 44.9 Å². The largest absolute Gasteiger partial charge is 0.481 e. The highest BCUT2D eigenvalue weighted by molar-refractivity contribution is 5.78. The Morgan fingerprint density at radius 1 is 1.14 bits per heavy atom. The third-order valence-electron chi connectivity index (χ3n) is 8.11.